The molecule has 0 aliphatic carbocycles. The van der Waals surface area contributed by atoms with E-state index < -0.39 is 0 Å². The lowest BCUT2D eigenvalue weighted by Crippen LogP contribution is -2.25. The smallest absolute Gasteiger partial charge is 0.265 e. The molecule has 172 valence electrons. The van der Waals surface area contributed by atoms with Gasteiger partial charge < -0.3 is 4.74 Å². The fraction of sp³-hybridized carbons (Fsp3) is 0.143. The molecule has 7 nitrogen and oxygen atoms in total. The van der Waals surface area contributed by atoms with E-state index in [1.54, 1.807) is 11.7 Å². The average Bonchev–Trinajstić information content (AvgIpc) is 3.20. The minimum absolute atomic E-state index is 0.111. The summed E-state index contributed by atoms with van der Waals surface area (Å²) in [7, 11) is 1.63. The summed E-state index contributed by atoms with van der Waals surface area (Å²) in [5.74, 6) is 1.36. The molecule has 0 aliphatic heterocycles. The summed E-state index contributed by atoms with van der Waals surface area (Å²) in [4.78, 5) is 28.6. The minimum atomic E-state index is -0.111. The molecule has 0 bridgehead atoms. The Balaban J connectivity index is 1.65. The van der Waals surface area contributed by atoms with Crippen molar-refractivity contribution in [2.24, 2.45) is 0 Å². The lowest BCUT2D eigenvalue weighted by Gasteiger charge is -2.11. The number of hydrogen-bond donors (Lipinski definition) is 0. The van der Waals surface area contributed by atoms with Gasteiger partial charge in [0, 0.05) is 12.6 Å². The van der Waals surface area contributed by atoms with Crippen LogP contribution in [0.5, 0.6) is 5.75 Å². The van der Waals surface area contributed by atoms with Gasteiger partial charge in [-0.3, -0.25) is 13.9 Å². The Morgan fingerprint density at radius 1 is 0.829 bits per heavy atom. The molecule has 0 radical (unpaired) electrons. The molecule has 3 aromatic heterocycles. The van der Waals surface area contributed by atoms with Crippen LogP contribution in [0.1, 0.15) is 11.4 Å². The maximum Gasteiger partial charge on any atom is 0.265 e. The highest BCUT2D eigenvalue weighted by Crippen LogP contribution is 2.30. The monoisotopic (exact) mass is 461 g/mol. The van der Waals surface area contributed by atoms with E-state index in [2.05, 4.69) is 12.1 Å². The number of fused-ring (bicyclic) bond motifs is 4. The number of rotatable bonds is 5. The summed E-state index contributed by atoms with van der Waals surface area (Å²) >= 11 is 0. The number of para-hydroxylation sites is 2. The zero-order chi connectivity index (χ0) is 23.9. The number of aryl methyl sites for hydroxylation is 2. The van der Waals surface area contributed by atoms with E-state index in [1.165, 1.54) is 5.56 Å². The molecule has 6 rings (SSSR count). The maximum absolute atomic E-state index is 13.9. The standard InChI is InChI=1S/C28H23N5O2/c1-18-29-26-24(28(34)32(18)16-15-19-9-4-3-5-10-19)25-27(31-23-14-7-6-13-22(23)30-25)33(26)20-11-8-12-21(17-20)35-2/h3-14,17H,15-16H2,1-2H3. The van der Waals surface area contributed by atoms with Crippen LogP contribution in [0.4, 0.5) is 0 Å². The highest BCUT2D eigenvalue weighted by atomic mass is 16.5. The molecule has 7 heteroatoms. The molecule has 3 aromatic carbocycles. The van der Waals surface area contributed by atoms with Crippen molar-refractivity contribution in [2.75, 3.05) is 7.11 Å². The highest BCUT2D eigenvalue weighted by molar-refractivity contribution is 6.05. The van der Waals surface area contributed by atoms with Gasteiger partial charge in [-0.1, -0.05) is 48.5 Å². The first-order chi connectivity index (χ1) is 17.1. The van der Waals surface area contributed by atoms with Crippen LogP contribution in [0.2, 0.25) is 0 Å². The second-order valence-electron chi connectivity index (χ2n) is 8.47. The van der Waals surface area contributed by atoms with Crippen LogP contribution >= 0.6 is 0 Å². The van der Waals surface area contributed by atoms with Gasteiger partial charge in [0.05, 0.1) is 23.8 Å². The van der Waals surface area contributed by atoms with Crippen molar-refractivity contribution in [3.63, 3.8) is 0 Å². The van der Waals surface area contributed by atoms with E-state index in [0.29, 0.717) is 40.3 Å². The van der Waals surface area contributed by atoms with Gasteiger partial charge in [0.25, 0.3) is 5.56 Å². The third-order valence-electron chi connectivity index (χ3n) is 6.33. The first-order valence-electron chi connectivity index (χ1n) is 11.5. The summed E-state index contributed by atoms with van der Waals surface area (Å²) in [5.41, 5.74) is 5.05. The minimum Gasteiger partial charge on any atom is -0.497 e. The number of ether oxygens (including phenoxy) is 1. The van der Waals surface area contributed by atoms with E-state index >= 15 is 0 Å². The van der Waals surface area contributed by atoms with Crippen molar-refractivity contribution in [3.05, 3.63) is 101 Å². The molecule has 0 spiro atoms. The number of nitrogens with zero attached hydrogens (tertiary/aromatic N) is 5. The van der Waals surface area contributed by atoms with Gasteiger partial charge in [-0.05, 0) is 43.2 Å². The molecule has 0 N–H and O–H groups in total. The molecular weight excluding hydrogens is 438 g/mol. The van der Waals surface area contributed by atoms with Crippen molar-refractivity contribution in [2.45, 2.75) is 19.9 Å². The first-order valence-corrected chi connectivity index (χ1v) is 11.5. The van der Waals surface area contributed by atoms with Crippen LogP contribution < -0.4 is 10.3 Å². The van der Waals surface area contributed by atoms with Gasteiger partial charge in [-0.2, -0.15) is 0 Å². The van der Waals surface area contributed by atoms with E-state index in [1.807, 2.05) is 78.2 Å². The summed E-state index contributed by atoms with van der Waals surface area (Å²) in [6.07, 6.45) is 0.734. The fourth-order valence-electron chi connectivity index (χ4n) is 4.57. The second-order valence-corrected chi connectivity index (χ2v) is 8.47. The Morgan fingerprint density at radius 3 is 2.34 bits per heavy atom. The first kappa shape index (κ1) is 21.0. The van der Waals surface area contributed by atoms with Crippen molar-refractivity contribution < 1.29 is 4.74 Å². The summed E-state index contributed by atoms with van der Waals surface area (Å²) < 4.78 is 9.10. The van der Waals surface area contributed by atoms with Gasteiger partial charge in [-0.15, -0.1) is 0 Å². The molecule has 6 aromatic rings. The van der Waals surface area contributed by atoms with Gasteiger partial charge in [0.2, 0.25) is 0 Å². The second kappa shape index (κ2) is 8.36. The Labute approximate surface area is 201 Å². The summed E-state index contributed by atoms with van der Waals surface area (Å²) in [6, 6.07) is 25.5. The number of aromatic nitrogens is 5. The van der Waals surface area contributed by atoms with E-state index in [4.69, 9.17) is 19.7 Å². The van der Waals surface area contributed by atoms with E-state index in [0.717, 1.165) is 23.1 Å². The normalized spacial score (nSPS) is 11.5. The number of benzene rings is 3. The van der Waals surface area contributed by atoms with Crippen molar-refractivity contribution in [1.82, 2.24) is 24.1 Å². The molecule has 0 saturated carbocycles. The van der Waals surface area contributed by atoms with Gasteiger partial charge >= 0.3 is 0 Å². The van der Waals surface area contributed by atoms with Crippen LogP contribution in [0.25, 0.3) is 38.9 Å². The molecule has 0 unspecified atom stereocenters. The van der Waals surface area contributed by atoms with E-state index in [9.17, 15) is 4.79 Å². The molecule has 35 heavy (non-hydrogen) atoms. The van der Waals surface area contributed by atoms with Crippen LogP contribution in [0.3, 0.4) is 0 Å². The van der Waals surface area contributed by atoms with Crippen molar-refractivity contribution >= 4 is 33.2 Å². The fourth-order valence-corrected chi connectivity index (χ4v) is 4.57. The molecule has 0 atom stereocenters. The zero-order valence-electron chi connectivity index (χ0n) is 19.5. The van der Waals surface area contributed by atoms with Gasteiger partial charge in [0.1, 0.15) is 22.5 Å². The summed E-state index contributed by atoms with van der Waals surface area (Å²) in [6.45, 7) is 2.40. The quantitative estimate of drug-likeness (QED) is 0.367. The van der Waals surface area contributed by atoms with Crippen LogP contribution in [0, 0.1) is 6.92 Å². The predicted molar refractivity (Wildman–Crippen MR) is 137 cm³/mol. The molecular formula is C28H23N5O2. The molecule has 0 aliphatic rings. The third kappa shape index (κ3) is 3.52. The van der Waals surface area contributed by atoms with Crippen LogP contribution in [-0.4, -0.2) is 31.2 Å². The Hall–Kier alpha value is -4.52. The van der Waals surface area contributed by atoms with Crippen molar-refractivity contribution in [1.29, 1.82) is 0 Å². The van der Waals surface area contributed by atoms with E-state index in [-0.39, 0.29) is 5.56 Å². The SMILES string of the molecule is COc1cccc(-n2c3nc4ccccc4nc3c3c(=O)n(CCc4ccccc4)c(C)nc32)c1. The Morgan fingerprint density at radius 2 is 1.57 bits per heavy atom. The lowest BCUT2D eigenvalue weighted by molar-refractivity contribution is 0.414. The third-order valence-corrected chi connectivity index (χ3v) is 6.33. The number of hydrogen-bond acceptors (Lipinski definition) is 5. The Kier molecular flexibility index (Phi) is 5.03. The predicted octanol–water partition coefficient (Wildman–Crippen LogP) is 4.84. The number of methoxy groups -OCH3 is 1. The molecule has 3 heterocycles. The average molecular weight is 462 g/mol. The zero-order valence-corrected chi connectivity index (χ0v) is 19.5. The maximum atomic E-state index is 13.9. The van der Waals surface area contributed by atoms with Crippen LogP contribution in [-0.2, 0) is 13.0 Å². The topological polar surface area (TPSA) is 74.8 Å². The van der Waals surface area contributed by atoms with Gasteiger partial charge in [-0.25, -0.2) is 15.0 Å². The Bertz CT molecular complexity index is 1770. The highest BCUT2D eigenvalue weighted by Gasteiger charge is 2.22. The summed E-state index contributed by atoms with van der Waals surface area (Å²) in [5, 5.41) is 0.472. The van der Waals surface area contributed by atoms with Crippen LogP contribution in [0.15, 0.2) is 83.7 Å². The molecule has 0 fully saturated rings. The van der Waals surface area contributed by atoms with Crippen molar-refractivity contribution in [3.8, 4) is 11.4 Å². The lowest BCUT2D eigenvalue weighted by atomic mass is 10.1. The molecule has 0 amide bonds. The molecule has 0 saturated heterocycles. The largest absolute Gasteiger partial charge is 0.497 e. The van der Waals surface area contributed by atoms with Gasteiger partial charge in [0.15, 0.2) is 11.3 Å².